The molecule has 4 nitrogen and oxygen atoms in total. The molecule has 1 heterocycles. The Morgan fingerprint density at radius 3 is 1.50 bits per heavy atom. The third kappa shape index (κ3) is 3.29. The zero-order chi connectivity index (χ0) is 17.1. The molecular weight excluding hydrogens is 302 g/mol. The summed E-state index contributed by atoms with van der Waals surface area (Å²) < 4.78 is 10.4. The molecule has 0 unspecified atom stereocenters. The first-order valence-electron chi connectivity index (χ1n) is 8.14. The number of ketones is 1. The molecule has 0 radical (unpaired) electrons. The van der Waals surface area contributed by atoms with Gasteiger partial charge in [-0.15, -0.1) is 0 Å². The third-order valence-corrected chi connectivity index (χ3v) is 4.83. The van der Waals surface area contributed by atoms with E-state index in [2.05, 4.69) is 11.9 Å². The highest BCUT2D eigenvalue weighted by molar-refractivity contribution is 5.81. The molecule has 0 aliphatic carbocycles. The first kappa shape index (κ1) is 16.5. The predicted molar refractivity (Wildman–Crippen MR) is 93.5 cm³/mol. The number of Topliss-reactive ketones (excluding diaryl/α,β-unsaturated/α-hetero) is 1. The number of benzene rings is 2. The summed E-state index contributed by atoms with van der Waals surface area (Å²) in [5, 5.41) is 0. The summed E-state index contributed by atoms with van der Waals surface area (Å²) in [6.45, 7) is 0. The maximum absolute atomic E-state index is 12.3. The van der Waals surface area contributed by atoms with Gasteiger partial charge in [-0.3, -0.25) is 9.69 Å². The van der Waals surface area contributed by atoms with Gasteiger partial charge in [-0.05, 0) is 42.4 Å². The molecule has 2 atom stereocenters. The molecule has 0 aromatic heterocycles. The summed E-state index contributed by atoms with van der Waals surface area (Å²) in [7, 11) is 5.41. The van der Waals surface area contributed by atoms with E-state index >= 15 is 0 Å². The normalized spacial score (nSPS) is 21.5. The van der Waals surface area contributed by atoms with Gasteiger partial charge in [0, 0.05) is 24.9 Å². The van der Waals surface area contributed by atoms with E-state index in [-0.39, 0.29) is 12.1 Å². The van der Waals surface area contributed by atoms with Gasteiger partial charge in [0.15, 0.2) is 0 Å². The monoisotopic (exact) mass is 325 g/mol. The highest BCUT2D eigenvalue weighted by Crippen LogP contribution is 2.39. The van der Waals surface area contributed by atoms with E-state index in [9.17, 15) is 4.79 Å². The SMILES string of the molecule is COc1ccc([C@H]2CC(=O)C[C@@H](c3ccc(OC)cc3)N2C)cc1. The van der Waals surface area contributed by atoms with E-state index in [1.54, 1.807) is 14.2 Å². The van der Waals surface area contributed by atoms with Crippen molar-refractivity contribution in [2.45, 2.75) is 24.9 Å². The Bertz CT molecular complexity index is 634. The molecule has 24 heavy (non-hydrogen) atoms. The van der Waals surface area contributed by atoms with E-state index in [4.69, 9.17) is 9.47 Å². The number of hydrogen-bond acceptors (Lipinski definition) is 4. The highest BCUT2D eigenvalue weighted by Gasteiger charge is 2.33. The highest BCUT2D eigenvalue weighted by atomic mass is 16.5. The van der Waals surface area contributed by atoms with Crippen molar-refractivity contribution in [3.05, 3.63) is 59.7 Å². The molecule has 0 amide bonds. The van der Waals surface area contributed by atoms with Crippen molar-refractivity contribution in [2.75, 3.05) is 21.3 Å². The molecule has 0 saturated carbocycles. The van der Waals surface area contributed by atoms with Gasteiger partial charge in [0.1, 0.15) is 17.3 Å². The molecule has 0 spiro atoms. The molecule has 1 aliphatic rings. The average molecular weight is 325 g/mol. The van der Waals surface area contributed by atoms with Crippen LogP contribution in [0.1, 0.15) is 36.1 Å². The van der Waals surface area contributed by atoms with Gasteiger partial charge in [-0.25, -0.2) is 0 Å². The zero-order valence-corrected chi connectivity index (χ0v) is 14.4. The lowest BCUT2D eigenvalue weighted by Gasteiger charge is -2.39. The minimum absolute atomic E-state index is 0.0873. The van der Waals surface area contributed by atoms with Crippen molar-refractivity contribution >= 4 is 5.78 Å². The van der Waals surface area contributed by atoms with Gasteiger partial charge >= 0.3 is 0 Å². The second kappa shape index (κ2) is 7.05. The number of nitrogens with zero attached hydrogens (tertiary/aromatic N) is 1. The quantitative estimate of drug-likeness (QED) is 0.857. The van der Waals surface area contributed by atoms with E-state index in [0.717, 1.165) is 22.6 Å². The van der Waals surface area contributed by atoms with Crippen molar-refractivity contribution in [2.24, 2.45) is 0 Å². The lowest BCUT2D eigenvalue weighted by molar-refractivity contribution is -0.125. The fraction of sp³-hybridized carbons (Fsp3) is 0.350. The second-order valence-corrected chi connectivity index (χ2v) is 6.19. The number of ether oxygens (including phenoxy) is 2. The lowest BCUT2D eigenvalue weighted by atomic mass is 9.87. The fourth-order valence-corrected chi connectivity index (χ4v) is 3.38. The summed E-state index contributed by atoms with van der Waals surface area (Å²) in [5.74, 6) is 1.96. The van der Waals surface area contributed by atoms with Crippen molar-refractivity contribution in [1.82, 2.24) is 4.90 Å². The molecule has 1 aliphatic heterocycles. The first-order valence-corrected chi connectivity index (χ1v) is 8.14. The van der Waals surface area contributed by atoms with Crippen LogP contribution in [0.25, 0.3) is 0 Å². The molecule has 4 heteroatoms. The summed E-state index contributed by atoms with van der Waals surface area (Å²) >= 11 is 0. The van der Waals surface area contributed by atoms with Crippen molar-refractivity contribution in [3.63, 3.8) is 0 Å². The number of hydrogen-bond donors (Lipinski definition) is 0. The van der Waals surface area contributed by atoms with Gasteiger partial charge in [0.05, 0.1) is 14.2 Å². The summed E-state index contributed by atoms with van der Waals surface area (Å²) in [6, 6.07) is 16.2. The number of likely N-dealkylation sites (tertiary alicyclic amines) is 1. The number of carbonyl (C=O) groups is 1. The molecule has 0 bridgehead atoms. The Kier molecular flexibility index (Phi) is 4.86. The molecule has 1 fully saturated rings. The number of carbonyl (C=O) groups excluding carboxylic acids is 1. The van der Waals surface area contributed by atoms with Crippen molar-refractivity contribution < 1.29 is 14.3 Å². The van der Waals surface area contributed by atoms with E-state index in [1.165, 1.54) is 0 Å². The van der Waals surface area contributed by atoms with Crippen LogP contribution in [-0.2, 0) is 4.79 Å². The van der Waals surface area contributed by atoms with Crippen LogP contribution in [0.3, 0.4) is 0 Å². The zero-order valence-electron chi connectivity index (χ0n) is 14.4. The largest absolute Gasteiger partial charge is 0.497 e. The molecular formula is C20H23NO3. The van der Waals surface area contributed by atoms with Crippen LogP contribution in [0, 0.1) is 0 Å². The summed E-state index contributed by atoms with van der Waals surface area (Å²) in [4.78, 5) is 14.6. The standard InChI is InChI=1S/C20H23NO3/c1-21-19(14-4-8-17(23-2)9-5-14)12-16(22)13-20(21)15-6-10-18(24-3)11-7-15/h4-11,19-20H,12-13H2,1-3H3/t19-,20+. The number of piperidine rings is 1. The maximum atomic E-state index is 12.3. The van der Waals surface area contributed by atoms with Crippen LogP contribution in [0.5, 0.6) is 11.5 Å². The molecule has 2 aromatic carbocycles. The van der Waals surface area contributed by atoms with E-state index in [1.807, 2.05) is 48.5 Å². The van der Waals surface area contributed by atoms with Gasteiger partial charge in [0.2, 0.25) is 0 Å². The van der Waals surface area contributed by atoms with E-state index < -0.39 is 0 Å². The van der Waals surface area contributed by atoms with Crippen LogP contribution in [0.15, 0.2) is 48.5 Å². The average Bonchev–Trinajstić information content (AvgIpc) is 2.63. The number of methoxy groups -OCH3 is 2. The minimum atomic E-state index is 0.0873. The van der Waals surface area contributed by atoms with Crippen LogP contribution in [-0.4, -0.2) is 32.0 Å². The van der Waals surface area contributed by atoms with Crippen LogP contribution in [0.4, 0.5) is 0 Å². The second-order valence-electron chi connectivity index (χ2n) is 6.19. The third-order valence-electron chi connectivity index (χ3n) is 4.83. The van der Waals surface area contributed by atoms with Gasteiger partial charge in [-0.1, -0.05) is 24.3 Å². The van der Waals surface area contributed by atoms with Crippen LogP contribution in [0.2, 0.25) is 0 Å². The topological polar surface area (TPSA) is 38.8 Å². The van der Waals surface area contributed by atoms with Gasteiger partial charge in [-0.2, -0.15) is 0 Å². The van der Waals surface area contributed by atoms with Crippen LogP contribution >= 0.6 is 0 Å². The first-order chi connectivity index (χ1) is 11.6. The predicted octanol–water partition coefficient (Wildman–Crippen LogP) is 3.78. The smallest absolute Gasteiger partial charge is 0.136 e. The maximum Gasteiger partial charge on any atom is 0.136 e. The van der Waals surface area contributed by atoms with Gasteiger partial charge in [0.25, 0.3) is 0 Å². The fourth-order valence-electron chi connectivity index (χ4n) is 3.38. The molecule has 3 rings (SSSR count). The van der Waals surface area contributed by atoms with Crippen molar-refractivity contribution in [3.8, 4) is 11.5 Å². The summed E-state index contributed by atoms with van der Waals surface area (Å²) in [6.07, 6.45) is 1.10. The summed E-state index contributed by atoms with van der Waals surface area (Å²) in [5.41, 5.74) is 2.29. The molecule has 0 N–H and O–H groups in total. The lowest BCUT2D eigenvalue weighted by Crippen LogP contribution is -2.37. The number of rotatable bonds is 4. The molecule has 1 saturated heterocycles. The molecule has 126 valence electrons. The Morgan fingerprint density at radius 1 is 0.792 bits per heavy atom. The Morgan fingerprint density at radius 2 is 1.17 bits per heavy atom. The van der Waals surface area contributed by atoms with Gasteiger partial charge < -0.3 is 9.47 Å². The Hall–Kier alpha value is -2.33. The Labute approximate surface area is 143 Å². The van der Waals surface area contributed by atoms with Crippen LogP contribution < -0.4 is 9.47 Å². The van der Waals surface area contributed by atoms with E-state index in [0.29, 0.717) is 18.6 Å². The Balaban J connectivity index is 1.86. The molecule has 2 aromatic rings. The van der Waals surface area contributed by atoms with Crippen molar-refractivity contribution in [1.29, 1.82) is 0 Å². The minimum Gasteiger partial charge on any atom is -0.497 e.